The molecule has 4 heteroatoms. The van der Waals surface area contributed by atoms with E-state index in [4.69, 9.17) is 5.73 Å². The van der Waals surface area contributed by atoms with Crippen LogP contribution in [0.3, 0.4) is 0 Å². The minimum absolute atomic E-state index is 0.0389. The van der Waals surface area contributed by atoms with Crippen LogP contribution in [0, 0.1) is 0 Å². The summed E-state index contributed by atoms with van der Waals surface area (Å²) in [5.74, 6) is 0.503. The Morgan fingerprint density at radius 2 is 2.20 bits per heavy atom. The fourth-order valence-electron chi connectivity index (χ4n) is 1.22. The van der Waals surface area contributed by atoms with Crippen LogP contribution in [0.1, 0.15) is 38.6 Å². The third kappa shape index (κ3) is 4.34. The molecule has 0 aliphatic rings. The van der Waals surface area contributed by atoms with Crippen LogP contribution in [0.15, 0.2) is 22.5 Å². The zero-order valence-corrected chi connectivity index (χ0v) is 10.6. The summed E-state index contributed by atoms with van der Waals surface area (Å²) in [5.41, 5.74) is 5.77. The highest BCUT2D eigenvalue weighted by Gasteiger charge is 2.11. The second kappa shape index (κ2) is 4.66. The molecule has 0 saturated heterocycles. The Labute approximate surface area is 95.4 Å². The Balaban J connectivity index is 2.63. The summed E-state index contributed by atoms with van der Waals surface area (Å²) in [4.78, 5) is 5.63. The molecule has 3 N–H and O–H groups in total. The highest BCUT2D eigenvalue weighted by Crippen LogP contribution is 2.21. The fraction of sp³-hybridized carbons (Fsp3) is 0.545. The first kappa shape index (κ1) is 12.0. The Morgan fingerprint density at radius 3 is 2.67 bits per heavy atom. The maximum atomic E-state index is 5.81. The zero-order chi connectivity index (χ0) is 11.5. The predicted octanol–water partition coefficient (Wildman–Crippen LogP) is 2.51. The maximum absolute atomic E-state index is 5.81. The summed E-state index contributed by atoms with van der Waals surface area (Å²) in [6.07, 6.45) is 0. The Bertz CT molecular complexity index is 322. The fourth-order valence-corrected chi connectivity index (χ4v) is 1.94. The van der Waals surface area contributed by atoms with Crippen LogP contribution >= 0.6 is 11.3 Å². The molecule has 1 rings (SSSR count). The first-order chi connectivity index (χ1) is 6.88. The SMILES string of the molecule is CC(N=C(N)NC(C)(C)C)c1cccs1. The van der Waals surface area contributed by atoms with E-state index in [9.17, 15) is 0 Å². The summed E-state index contributed by atoms with van der Waals surface area (Å²) in [5, 5.41) is 5.19. The van der Waals surface area contributed by atoms with Gasteiger partial charge in [0.15, 0.2) is 5.96 Å². The molecule has 15 heavy (non-hydrogen) atoms. The van der Waals surface area contributed by atoms with Crippen molar-refractivity contribution in [1.82, 2.24) is 5.32 Å². The molecule has 0 fully saturated rings. The number of rotatable bonds is 2. The third-order valence-electron chi connectivity index (χ3n) is 1.79. The van der Waals surface area contributed by atoms with Gasteiger partial charge in [0.2, 0.25) is 0 Å². The lowest BCUT2D eigenvalue weighted by atomic mass is 10.1. The van der Waals surface area contributed by atoms with Gasteiger partial charge in [0.25, 0.3) is 0 Å². The van der Waals surface area contributed by atoms with Gasteiger partial charge in [-0.1, -0.05) is 6.07 Å². The standard InChI is InChI=1S/C11H19N3S/c1-8(9-6-5-7-15-9)13-10(12)14-11(2,3)4/h5-8H,1-4H3,(H3,12,13,14). The van der Waals surface area contributed by atoms with Gasteiger partial charge in [0.1, 0.15) is 0 Å². The van der Waals surface area contributed by atoms with Crippen molar-refractivity contribution >= 4 is 17.3 Å². The second-order valence-corrected chi connectivity index (χ2v) is 5.56. The Kier molecular flexibility index (Phi) is 3.74. The summed E-state index contributed by atoms with van der Waals surface area (Å²) in [7, 11) is 0. The van der Waals surface area contributed by atoms with Crippen molar-refractivity contribution in [3.8, 4) is 0 Å². The quantitative estimate of drug-likeness (QED) is 0.600. The van der Waals surface area contributed by atoms with Crippen molar-refractivity contribution in [1.29, 1.82) is 0 Å². The molecule has 0 aromatic carbocycles. The van der Waals surface area contributed by atoms with E-state index < -0.39 is 0 Å². The highest BCUT2D eigenvalue weighted by molar-refractivity contribution is 7.10. The van der Waals surface area contributed by atoms with Crippen LogP contribution in [0.2, 0.25) is 0 Å². The smallest absolute Gasteiger partial charge is 0.189 e. The highest BCUT2D eigenvalue weighted by atomic mass is 32.1. The maximum Gasteiger partial charge on any atom is 0.189 e. The molecule has 0 saturated carbocycles. The summed E-state index contributed by atoms with van der Waals surface area (Å²) in [6, 6.07) is 4.22. The molecule has 0 radical (unpaired) electrons. The zero-order valence-electron chi connectivity index (χ0n) is 9.74. The number of hydrogen-bond donors (Lipinski definition) is 2. The van der Waals surface area contributed by atoms with E-state index in [1.165, 1.54) is 4.88 Å². The normalized spacial score (nSPS) is 15.1. The molecule has 1 aromatic heterocycles. The van der Waals surface area contributed by atoms with Crippen LogP contribution in [0.25, 0.3) is 0 Å². The molecular formula is C11H19N3S. The molecule has 3 nitrogen and oxygen atoms in total. The Hall–Kier alpha value is -1.03. The summed E-state index contributed by atoms with van der Waals surface area (Å²) in [6.45, 7) is 8.23. The lowest BCUT2D eigenvalue weighted by Gasteiger charge is -2.21. The minimum Gasteiger partial charge on any atom is -0.370 e. The molecule has 0 amide bonds. The molecule has 1 atom stereocenters. The lowest BCUT2D eigenvalue weighted by Crippen LogP contribution is -2.45. The van der Waals surface area contributed by atoms with Gasteiger partial charge in [-0.15, -0.1) is 11.3 Å². The molecule has 0 bridgehead atoms. The number of nitrogens with zero attached hydrogens (tertiary/aromatic N) is 1. The van der Waals surface area contributed by atoms with Crippen LogP contribution in [0.5, 0.6) is 0 Å². The van der Waals surface area contributed by atoms with E-state index in [-0.39, 0.29) is 11.6 Å². The number of hydrogen-bond acceptors (Lipinski definition) is 2. The van der Waals surface area contributed by atoms with Gasteiger partial charge < -0.3 is 11.1 Å². The van der Waals surface area contributed by atoms with Gasteiger partial charge in [-0.2, -0.15) is 0 Å². The summed E-state index contributed by atoms with van der Waals surface area (Å²) < 4.78 is 0. The largest absolute Gasteiger partial charge is 0.370 e. The van der Waals surface area contributed by atoms with E-state index in [1.54, 1.807) is 11.3 Å². The summed E-state index contributed by atoms with van der Waals surface area (Å²) >= 11 is 1.70. The minimum atomic E-state index is -0.0389. The molecule has 1 unspecified atom stereocenters. The van der Waals surface area contributed by atoms with Gasteiger partial charge in [0.05, 0.1) is 6.04 Å². The predicted molar refractivity (Wildman–Crippen MR) is 67.2 cm³/mol. The van der Waals surface area contributed by atoms with Crippen LogP contribution in [-0.4, -0.2) is 11.5 Å². The first-order valence-electron chi connectivity index (χ1n) is 5.03. The van der Waals surface area contributed by atoms with E-state index in [1.807, 2.05) is 13.0 Å². The third-order valence-corrected chi connectivity index (χ3v) is 2.83. The Morgan fingerprint density at radius 1 is 1.53 bits per heavy atom. The number of nitrogens with two attached hydrogens (primary N) is 1. The van der Waals surface area contributed by atoms with Crippen LogP contribution in [0.4, 0.5) is 0 Å². The van der Waals surface area contributed by atoms with Gasteiger partial charge in [-0.05, 0) is 39.1 Å². The number of nitrogens with one attached hydrogen (secondary N) is 1. The van der Waals surface area contributed by atoms with Gasteiger partial charge in [0, 0.05) is 10.4 Å². The number of thiophene rings is 1. The number of aliphatic imine (C=N–C) groups is 1. The molecule has 0 aliphatic carbocycles. The van der Waals surface area contributed by atoms with E-state index in [0.29, 0.717) is 5.96 Å². The van der Waals surface area contributed by atoms with Gasteiger partial charge in [-0.25, -0.2) is 4.99 Å². The first-order valence-corrected chi connectivity index (χ1v) is 5.91. The van der Waals surface area contributed by atoms with Crippen molar-refractivity contribution in [2.24, 2.45) is 10.7 Å². The van der Waals surface area contributed by atoms with Crippen molar-refractivity contribution in [3.63, 3.8) is 0 Å². The van der Waals surface area contributed by atoms with E-state index >= 15 is 0 Å². The number of guanidine groups is 1. The molecule has 0 spiro atoms. The van der Waals surface area contributed by atoms with E-state index in [0.717, 1.165) is 0 Å². The molecule has 84 valence electrons. The second-order valence-electron chi connectivity index (χ2n) is 4.58. The van der Waals surface area contributed by atoms with E-state index in [2.05, 4.69) is 42.5 Å². The molecule has 0 aliphatic heterocycles. The van der Waals surface area contributed by atoms with Gasteiger partial charge in [-0.3, -0.25) is 0 Å². The van der Waals surface area contributed by atoms with Crippen LogP contribution in [-0.2, 0) is 0 Å². The molecule has 1 heterocycles. The van der Waals surface area contributed by atoms with Gasteiger partial charge >= 0.3 is 0 Å². The van der Waals surface area contributed by atoms with Crippen molar-refractivity contribution < 1.29 is 0 Å². The average Bonchev–Trinajstić information content (AvgIpc) is 2.50. The van der Waals surface area contributed by atoms with Crippen molar-refractivity contribution in [3.05, 3.63) is 22.4 Å². The molecular weight excluding hydrogens is 206 g/mol. The monoisotopic (exact) mass is 225 g/mol. The average molecular weight is 225 g/mol. The van der Waals surface area contributed by atoms with Crippen LogP contribution < -0.4 is 11.1 Å². The lowest BCUT2D eigenvalue weighted by molar-refractivity contribution is 0.507. The van der Waals surface area contributed by atoms with Crippen molar-refractivity contribution in [2.45, 2.75) is 39.3 Å². The molecule has 1 aromatic rings. The van der Waals surface area contributed by atoms with Crippen molar-refractivity contribution in [2.75, 3.05) is 0 Å². The topological polar surface area (TPSA) is 50.4 Å².